The number of ether oxygens (including phenoxy) is 2. The second-order valence-electron chi connectivity index (χ2n) is 8.21. The van der Waals surface area contributed by atoms with Gasteiger partial charge in [0, 0.05) is 17.9 Å². The van der Waals surface area contributed by atoms with Gasteiger partial charge in [0.2, 0.25) is 5.91 Å². The van der Waals surface area contributed by atoms with E-state index in [0.717, 1.165) is 5.56 Å². The number of hydrazone groups is 1. The topological polar surface area (TPSA) is 113 Å². The van der Waals surface area contributed by atoms with E-state index in [9.17, 15) is 9.59 Å². The maximum atomic E-state index is 12.9. The molecule has 2 amide bonds. The molecule has 0 aliphatic carbocycles. The van der Waals surface area contributed by atoms with Crippen LogP contribution in [-0.4, -0.2) is 37.3 Å². The van der Waals surface area contributed by atoms with E-state index in [1.807, 2.05) is 36.4 Å². The second-order valence-corrected chi connectivity index (χ2v) is 9.91. The van der Waals surface area contributed by atoms with Gasteiger partial charge in [-0.2, -0.15) is 10.4 Å². The Kier molecular flexibility index (Phi) is 12.1. The molecule has 0 bridgehead atoms. The number of nitrogens with one attached hydrogen (secondary N) is 2. The number of nitrogens with zero attached hydrogens (tertiary/aromatic N) is 2. The molecule has 0 spiro atoms. The highest BCUT2D eigenvalue weighted by Gasteiger charge is 2.21. The quantitative estimate of drug-likeness (QED) is 0.143. The molecule has 202 valence electrons. The van der Waals surface area contributed by atoms with Gasteiger partial charge in [0.25, 0.3) is 5.91 Å². The summed E-state index contributed by atoms with van der Waals surface area (Å²) in [4.78, 5) is 25.6. The molecule has 3 aromatic rings. The monoisotopic (exact) mass is 630 g/mol. The fourth-order valence-corrected chi connectivity index (χ4v) is 4.38. The second kappa shape index (κ2) is 15.7. The molecule has 0 unspecified atom stereocenters. The number of rotatable bonds is 13. The van der Waals surface area contributed by atoms with E-state index in [1.165, 1.54) is 6.21 Å². The maximum Gasteiger partial charge on any atom is 0.262 e. The summed E-state index contributed by atoms with van der Waals surface area (Å²) in [5.74, 6) is 0.250. The van der Waals surface area contributed by atoms with Crippen LogP contribution in [0.5, 0.6) is 11.5 Å². The molecule has 3 rings (SSSR count). The Bertz CT molecular complexity index is 1350. The summed E-state index contributed by atoms with van der Waals surface area (Å²) in [5.41, 5.74) is 4.08. The van der Waals surface area contributed by atoms with Crippen LogP contribution in [0.3, 0.4) is 0 Å². The molecule has 0 heterocycles. The Morgan fingerprint density at radius 3 is 2.54 bits per heavy atom. The summed E-state index contributed by atoms with van der Waals surface area (Å²) >= 11 is 15.4. The Morgan fingerprint density at radius 1 is 1.05 bits per heavy atom. The van der Waals surface area contributed by atoms with Crippen molar-refractivity contribution in [3.05, 3.63) is 92.4 Å². The standard InChI is InChI=1S/C28H25BrCl2N4O4/c29-22-15-20(8-10-25(22)39-14-12-32)18-33-35-28(37)24(16-19-5-2-1-3-6-19)34-27(36)7-4-13-38-26-11-9-21(30)17-23(26)31/h1-3,5-6,8-11,15,17-18,24H,4,7,13-14,16H2,(H,34,36)(H,35,37)/b33-18-/t24-/m1/s1. The zero-order chi connectivity index (χ0) is 28.0. The fourth-order valence-electron chi connectivity index (χ4n) is 3.41. The highest BCUT2D eigenvalue weighted by molar-refractivity contribution is 9.10. The van der Waals surface area contributed by atoms with Crippen molar-refractivity contribution in [2.45, 2.75) is 25.3 Å². The molecular weight excluding hydrogens is 607 g/mol. The van der Waals surface area contributed by atoms with E-state index in [-0.39, 0.29) is 25.5 Å². The number of carbonyl (C=O) groups excluding carboxylic acids is 2. The molecule has 3 aromatic carbocycles. The third kappa shape index (κ3) is 10.2. The van der Waals surface area contributed by atoms with Crippen LogP contribution in [0.4, 0.5) is 0 Å². The number of amides is 2. The third-order valence-electron chi connectivity index (χ3n) is 5.27. The molecule has 0 saturated carbocycles. The third-order valence-corrected chi connectivity index (χ3v) is 6.42. The molecule has 0 radical (unpaired) electrons. The van der Waals surface area contributed by atoms with Crippen molar-refractivity contribution in [3.63, 3.8) is 0 Å². The smallest absolute Gasteiger partial charge is 0.262 e. The van der Waals surface area contributed by atoms with Crippen LogP contribution >= 0.6 is 39.1 Å². The molecule has 0 aliphatic heterocycles. The average Bonchev–Trinajstić information content (AvgIpc) is 2.92. The minimum Gasteiger partial charge on any atom is -0.492 e. The van der Waals surface area contributed by atoms with E-state index in [1.54, 1.807) is 36.4 Å². The van der Waals surface area contributed by atoms with Crippen molar-refractivity contribution in [1.82, 2.24) is 10.7 Å². The first-order chi connectivity index (χ1) is 18.9. The fraction of sp³-hybridized carbons (Fsp3) is 0.214. The first kappa shape index (κ1) is 30.0. The van der Waals surface area contributed by atoms with Crippen molar-refractivity contribution < 1.29 is 19.1 Å². The molecule has 0 saturated heterocycles. The molecule has 0 aliphatic rings. The summed E-state index contributed by atoms with van der Waals surface area (Å²) in [7, 11) is 0. The van der Waals surface area contributed by atoms with Crippen LogP contribution in [0.15, 0.2) is 76.3 Å². The SMILES string of the molecule is N#CCOc1ccc(/C=N\NC(=O)[C@@H](Cc2ccccc2)NC(=O)CCCOc2ccc(Cl)cc2Cl)cc1Br. The van der Waals surface area contributed by atoms with Crippen LogP contribution in [0, 0.1) is 11.3 Å². The molecular formula is C28H25BrCl2N4O4. The van der Waals surface area contributed by atoms with Crippen LogP contribution < -0.4 is 20.2 Å². The van der Waals surface area contributed by atoms with E-state index in [4.69, 9.17) is 37.9 Å². The first-order valence-corrected chi connectivity index (χ1v) is 13.4. The number of benzene rings is 3. The Labute approximate surface area is 245 Å². The lowest BCUT2D eigenvalue weighted by atomic mass is 10.1. The lowest BCUT2D eigenvalue weighted by Crippen LogP contribution is -2.46. The lowest BCUT2D eigenvalue weighted by molar-refractivity contribution is -0.129. The highest BCUT2D eigenvalue weighted by Crippen LogP contribution is 2.27. The van der Waals surface area contributed by atoms with Gasteiger partial charge in [-0.15, -0.1) is 0 Å². The summed E-state index contributed by atoms with van der Waals surface area (Å²) in [6, 6.07) is 20.5. The maximum absolute atomic E-state index is 12.9. The van der Waals surface area contributed by atoms with Gasteiger partial charge in [0.1, 0.15) is 23.6 Å². The van der Waals surface area contributed by atoms with Gasteiger partial charge in [-0.05, 0) is 69.9 Å². The van der Waals surface area contributed by atoms with Gasteiger partial charge >= 0.3 is 0 Å². The zero-order valence-electron chi connectivity index (χ0n) is 20.7. The van der Waals surface area contributed by atoms with Crippen LogP contribution in [0.1, 0.15) is 24.0 Å². The van der Waals surface area contributed by atoms with E-state index in [0.29, 0.717) is 44.4 Å². The first-order valence-electron chi connectivity index (χ1n) is 11.9. The largest absolute Gasteiger partial charge is 0.492 e. The van der Waals surface area contributed by atoms with Gasteiger partial charge < -0.3 is 14.8 Å². The predicted molar refractivity (Wildman–Crippen MR) is 154 cm³/mol. The molecule has 11 heteroatoms. The average molecular weight is 632 g/mol. The van der Waals surface area contributed by atoms with E-state index >= 15 is 0 Å². The summed E-state index contributed by atoms with van der Waals surface area (Å²) in [6.07, 6.45) is 2.34. The minimum absolute atomic E-state index is 0.0691. The predicted octanol–water partition coefficient (Wildman–Crippen LogP) is 5.70. The lowest BCUT2D eigenvalue weighted by Gasteiger charge is -2.17. The van der Waals surface area contributed by atoms with Gasteiger partial charge in [0.05, 0.1) is 22.3 Å². The minimum atomic E-state index is -0.836. The van der Waals surface area contributed by atoms with Gasteiger partial charge in [-0.1, -0.05) is 53.5 Å². The molecule has 0 fully saturated rings. The van der Waals surface area contributed by atoms with Gasteiger partial charge in [0.15, 0.2) is 6.61 Å². The Hall–Kier alpha value is -3.58. The number of hydrogen-bond acceptors (Lipinski definition) is 6. The summed E-state index contributed by atoms with van der Waals surface area (Å²) in [5, 5.41) is 16.4. The number of hydrogen-bond donors (Lipinski definition) is 2. The van der Waals surface area contributed by atoms with Gasteiger partial charge in [-0.3, -0.25) is 9.59 Å². The van der Waals surface area contributed by atoms with Crippen LogP contribution in [0.2, 0.25) is 10.0 Å². The molecule has 1 atom stereocenters. The molecule has 8 nitrogen and oxygen atoms in total. The van der Waals surface area contributed by atoms with Crippen molar-refractivity contribution in [2.24, 2.45) is 5.10 Å². The molecule has 39 heavy (non-hydrogen) atoms. The number of carbonyl (C=O) groups is 2. The molecule has 2 N–H and O–H groups in total. The number of nitriles is 1. The molecule has 0 aromatic heterocycles. The summed E-state index contributed by atoms with van der Waals surface area (Å²) < 4.78 is 11.6. The van der Waals surface area contributed by atoms with Crippen molar-refractivity contribution in [3.8, 4) is 17.6 Å². The van der Waals surface area contributed by atoms with Crippen LogP contribution in [0.25, 0.3) is 0 Å². The van der Waals surface area contributed by atoms with Crippen molar-refractivity contribution >= 4 is 57.2 Å². The van der Waals surface area contributed by atoms with Crippen molar-refractivity contribution in [2.75, 3.05) is 13.2 Å². The Morgan fingerprint density at radius 2 is 1.82 bits per heavy atom. The highest BCUT2D eigenvalue weighted by atomic mass is 79.9. The Balaban J connectivity index is 1.55. The van der Waals surface area contributed by atoms with E-state index < -0.39 is 11.9 Å². The van der Waals surface area contributed by atoms with Crippen molar-refractivity contribution in [1.29, 1.82) is 5.26 Å². The normalized spacial score (nSPS) is 11.4. The van der Waals surface area contributed by atoms with Crippen LogP contribution in [-0.2, 0) is 16.0 Å². The number of halogens is 3. The van der Waals surface area contributed by atoms with Gasteiger partial charge in [-0.25, -0.2) is 5.43 Å². The summed E-state index contributed by atoms with van der Waals surface area (Å²) in [6.45, 7) is 0.199. The van der Waals surface area contributed by atoms with E-state index in [2.05, 4.69) is 31.8 Å². The zero-order valence-corrected chi connectivity index (χ0v) is 23.8.